The molecule has 1 atom stereocenters. The Morgan fingerprint density at radius 2 is 1.94 bits per heavy atom. The summed E-state index contributed by atoms with van der Waals surface area (Å²) in [5.41, 5.74) is 0.720. The predicted octanol–water partition coefficient (Wildman–Crippen LogP) is 3.37. The van der Waals surface area contributed by atoms with Crippen LogP contribution in [0.4, 0.5) is 4.39 Å². The molecule has 0 spiro atoms. The first kappa shape index (κ1) is 22.2. The summed E-state index contributed by atoms with van der Waals surface area (Å²) in [5, 5.41) is 11.0. The number of aliphatic hydroxyl groups is 1. The molecule has 1 fully saturated rings. The SMILES string of the molecule is C=CCOc1ccc(C(O)=C2C(=O)C(=O)N(CCN(C)C)C2c2cccc(F)c2)cc1. The number of benzene rings is 2. The van der Waals surface area contributed by atoms with E-state index in [0.29, 0.717) is 30.0 Å². The van der Waals surface area contributed by atoms with Crippen LogP contribution in [-0.4, -0.2) is 60.4 Å². The molecule has 1 amide bonds. The molecule has 2 aromatic carbocycles. The molecule has 0 saturated carbocycles. The van der Waals surface area contributed by atoms with Crippen LogP contribution in [0.1, 0.15) is 17.2 Å². The number of rotatable bonds is 8. The van der Waals surface area contributed by atoms with Gasteiger partial charge in [0, 0.05) is 18.7 Å². The molecule has 1 heterocycles. The van der Waals surface area contributed by atoms with Crippen LogP contribution in [0.15, 0.2) is 66.8 Å². The number of aliphatic hydroxyl groups excluding tert-OH is 1. The maximum atomic E-state index is 14.0. The lowest BCUT2D eigenvalue weighted by atomic mass is 9.95. The topological polar surface area (TPSA) is 70.1 Å². The van der Waals surface area contributed by atoms with Gasteiger partial charge in [-0.25, -0.2) is 4.39 Å². The van der Waals surface area contributed by atoms with Crippen molar-refractivity contribution < 1.29 is 23.8 Å². The summed E-state index contributed by atoms with van der Waals surface area (Å²) in [5.74, 6) is -1.74. The quantitative estimate of drug-likeness (QED) is 0.305. The maximum Gasteiger partial charge on any atom is 0.295 e. The second kappa shape index (κ2) is 9.57. The minimum atomic E-state index is -0.882. The molecule has 0 aliphatic carbocycles. The van der Waals surface area contributed by atoms with E-state index in [9.17, 15) is 19.1 Å². The first-order valence-corrected chi connectivity index (χ1v) is 9.86. The van der Waals surface area contributed by atoms with E-state index >= 15 is 0 Å². The Balaban J connectivity index is 2.07. The van der Waals surface area contributed by atoms with Crippen molar-refractivity contribution in [1.82, 2.24) is 9.80 Å². The third-order valence-corrected chi connectivity index (χ3v) is 4.99. The Morgan fingerprint density at radius 1 is 1.23 bits per heavy atom. The second-order valence-electron chi connectivity index (χ2n) is 7.47. The van der Waals surface area contributed by atoms with E-state index in [1.54, 1.807) is 36.4 Å². The number of halogens is 1. The number of amides is 1. The molecule has 162 valence electrons. The number of hydrogen-bond donors (Lipinski definition) is 1. The highest BCUT2D eigenvalue weighted by molar-refractivity contribution is 6.46. The zero-order valence-electron chi connectivity index (χ0n) is 17.5. The highest BCUT2D eigenvalue weighted by Gasteiger charge is 2.45. The highest BCUT2D eigenvalue weighted by atomic mass is 19.1. The van der Waals surface area contributed by atoms with Crippen LogP contribution in [-0.2, 0) is 9.59 Å². The Morgan fingerprint density at radius 3 is 2.55 bits per heavy atom. The standard InChI is InChI=1S/C24H25FN2O4/c1-4-14-31-19-10-8-16(9-11-19)22(28)20-21(17-6-5-7-18(25)15-17)27(13-12-26(2)3)24(30)23(20)29/h4-11,15,21,28H,1,12-14H2,2-3H3. The molecular weight excluding hydrogens is 399 g/mol. The number of carbonyl (C=O) groups excluding carboxylic acids is 2. The zero-order chi connectivity index (χ0) is 22.5. The van der Waals surface area contributed by atoms with Gasteiger partial charge in [0.25, 0.3) is 11.7 Å². The molecule has 1 aliphatic heterocycles. The average Bonchev–Trinajstić information content (AvgIpc) is 3.01. The third kappa shape index (κ3) is 4.83. The lowest BCUT2D eigenvalue weighted by molar-refractivity contribution is -0.140. The van der Waals surface area contributed by atoms with Gasteiger partial charge in [0.05, 0.1) is 11.6 Å². The van der Waals surface area contributed by atoms with E-state index in [2.05, 4.69) is 6.58 Å². The summed E-state index contributed by atoms with van der Waals surface area (Å²) in [6.45, 7) is 4.69. The van der Waals surface area contributed by atoms with Crippen LogP contribution < -0.4 is 4.74 Å². The molecule has 1 aliphatic rings. The van der Waals surface area contributed by atoms with Gasteiger partial charge >= 0.3 is 0 Å². The number of nitrogens with zero attached hydrogens (tertiary/aromatic N) is 2. The van der Waals surface area contributed by atoms with Crippen LogP contribution in [0.5, 0.6) is 5.75 Å². The Hall–Kier alpha value is -3.45. The number of likely N-dealkylation sites (N-methyl/N-ethyl adjacent to an activating group) is 1. The van der Waals surface area contributed by atoms with Crippen molar-refractivity contribution in [2.45, 2.75) is 6.04 Å². The van der Waals surface area contributed by atoms with Crippen LogP contribution >= 0.6 is 0 Å². The van der Waals surface area contributed by atoms with E-state index in [1.807, 2.05) is 19.0 Å². The van der Waals surface area contributed by atoms with E-state index in [-0.39, 0.29) is 17.9 Å². The van der Waals surface area contributed by atoms with Gasteiger partial charge in [-0.2, -0.15) is 0 Å². The summed E-state index contributed by atoms with van der Waals surface area (Å²) < 4.78 is 19.4. The molecule has 7 heteroatoms. The van der Waals surface area contributed by atoms with Gasteiger partial charge in [-0.1, -0.05) is 24.8 Å². The van der Waals surface area contributed by atoms with E-state index in [4.69, 9.17) is 4.74 Å². The fourth-order valence-corrected chi connectivity index (χ4v) is 3.46. The molecule has 0 bridgehead atoms. The summed E-state index contributed by atoms with van der Waals surface area (Å²) in [6, 6.07) is 11.3. The summed E-state index contributed by atoms with van der Waals surface area (Å²) in [7, 11) is 3.70. The van der Waals surface area contributed by atoms with Gasteiger partial charge < -0.3 is 19.6 Å². The van der Waals surface area contributed by atoms with Crippen LogP contribution in [0, 0.1) is 5.82 Å². The molecule has 6 nitrogen and oxygen atoms in total. The second-order valence-corrected chi connectivity index (χ2v) is 7.47. The zero-order valence-corrected chi connectivity index (χ0v) is 17.5. The summed E-state index contributed by atoms with van der Waals surface area (Å²) >= 11 is 0. The van der Waals surface area contributed by atoms with E-state index < -0.39 is 23.5 Å². The minimum Gasteiger partial charge on any atom is -0.507 e. The number of carbonyl (C=O) groups is 2. The van der Waals surface area contributed by atoms with Crippen LogP contribution in [0.25, 0.3) is 5.76 Å². The largest absolute Gasteiger partial charge is 0.507 e. The fourth-order valence-electron chi connectivity index (χ4n) is 3.46. The van der Waals surface area contributed by atoms with Crippen molar-refractivity contribution >= 4 is 17.4 Å². The van der Waals surface area contributed by atoms with Crippen molar-refractivity contribution in [3.63, 3.8) is 0 Å². The Labute approximate surface area is 180 Å². The van der Waals surface area contributed by atoms with E-state index in [1.165, 1.54) is 23.1 Å². The molecule has 3 rings (SSSR count). The van der Waals surface area contributed by atoms with Crippen LogP contribution in [0.3, 0.4) is 0 Å². The lowest BCUT2D eigenvalue weighted by Gasteiger charge is -2.26. The predicted molar refractivity (Wildman–Crippen MR) is 116 cm³/mol. The molecule has 31 heavy (non-hydrogen) atoms. The summed E-state index contributed by atoms with van der Waals surface area (Å²) in [6.07, 6.45) is 1.61. The number of ether oxygens (including phenoxy) is 1. The molecule has 0 aromatic heterocycles. The lowest BCUT2D eigenvalue weighted by Crippen LogP contribution is -2.35. The average molecular weight is 424 g/mol. The van der Waals surface area contributed by atoms with Gasteiger partial charge in [-0.15, -0.1) is 0 Å². The van der Waals surface area contributed by atoms with Crippen molar-refractivity contribution in [3.8, 4) is 5.75 Å². The van der Waals surface area contributed by atoms with Gasteiger partial charge in [0.1, 0.15) is 23.9 Å². The molecule has 0 radical (unpaired) electrons. The van der Waals surface area contributed by atoms with Gasteiger partial charge in [0.15, 0.2) is 0 Å². The maximum absolute atomic E-state index is 14.0. The van der Waals surface area contributed by atoms with Gasteiger partial charge in [-0.05, 0) is 56.1 Å². The van der Waals surface area contributed by atoms with Crippen molar-refractivity contribution in [3.05, 3.63) is 83.7 Å². The van der Waals surface area contributed by atoms with Crippen molar-refractivity contribution in [2.75, 3.05) is 33.8 Å². The van der Waals surface area contributed by atoms with Crippen LogP contribution in [0.2, 0.25) is 0 Å². The molecule has 1 unspecified atom stereocenters. The number of Topliss-reactive ketones (excluding diaryl/α,β-unsaturated/α-hetero) is 1. The Kier molecular flexibility index (Phi) is 6.87. The highest BCUT2D eigenvalue weighted by Crippen LogP contribution is 2.39. The monoisotopic (exact) mass is 424 g/mol. The van der Waals surface area contributed by atoms with Gasteiger partial charge in [0.2, 0.25) is 0 Å². The number of hydrogen-bond acceptors (Lipinski definition) is 5. The third-order valence-electron chi connectivity index (χ3n) is 4.99. The first-order valence-electron chi connectivity index (χ1n) is 9.86. The molecule has 2 aromatic rings. The normalized spacial score (nSPS) is 17.9. The van der Waals surface area contributed by atoms with Gasteiger partial charge in [-0.3, -0.25) is 9.59 Å². The first-order chi connectivity index (χ1) is 14.8. The molecular formula is C24H25FN2O4. The number of ketones is 1. The fraction of sp³-hybridized carbons (Fsp3) is 0.250. The number of likely N-dealkylation sites (tertiary alicyclic amines) is 1. The molecule has 1 saturated heterocycles. The van der Waals surface area contributed by atoms with Crippen molar-refractivity contribution in [2.24, 2.45) is 0 Å². The summed E-state index contributed by atoms with van der Waals surface area (Å²) in [4.78, 5) is 29.0. The van der Waals surface area contributed by atoms with Crippen molar-refractivity contribution in [1.29, 1.82) is 0 Å². The molecule has 1 N–H and O–H groups in total. The smallest absolute Gasteiger partial charge is 0.295 e. The Bertz CT molecular complexity index is 1010. The minimum absolute atomic E-state index is 0.0610. The van der Waals surface area contributed by atoms with E-state index in [0.717, 1.165) is 0 Å².